The number of aliphatic imine (C=N–C) groups is 1. The molecule has 7 heteroatoms. The summed E-state index contributed by atoms with van der Waals surface area (Å²) in [6, 6.07) is 19.0. The number of hydrogen-bond acceptors (Lipinski definition) is 5. The van der Waals surface area contributed by atoms with E-state index in [-0.39, 0.29) is 5.91 Å². The maximum Gasteiger partial charge on any atom is 0.264 e. The largest absolute Gasteiger partial charge is 0.493 e. The number of rotatable bonds is 6. The molecule has 0 aromatic heterocycles. The minimum Gasteiger partial charge on any atom is -0.493 e. The third-order valence-corrected chi connectivity index (χ3v) is 6.48. The molecule has 0 aliphatic carbocycles. The molecule has 1 aliphatic rings. The molecule has 4 rings (SSSR count). The molecule has 1 fully saturated rings. The number of nitrogens with zero attached hydrogens (tertiary/aromatic N) is 1. The summed E-state index contributed by atoms with van der Waals surface area (Å²) in [7, 11) is 1.58. The highest BCUT2D eigenvalue weighted by Crippen LogP contribution is 2.33. The van der Waals surface area contributed by atoms with Crippen LogP contribution in [0.15, 0.2) is 70.6 Å². The Labute approximate surface area is 202 Å². The van der Waals surface area contributed by atoms with Crippen molar-refractivity contribution < 1.29 is 14.3 Å². The number of aryl methyl sites for hydroxylation is 2. The van der Waals surface area contributed by atoms with Gasteiger partial charge in [0.1, 0.15) is 6.61 Å². The molecular formula is C26H23ClN2O3S. The maximum absolute atomic E-state index is 12.5. The molecule has 1 aliphatic heterocycles. The van der Waals surface area contributed by atoms with E-state index in [2.05, 4.69) is 17.2 Å². The Bertz CT molecular complexity index is 1270. The quantitative estimate of drug-likeness (QED) is 0.414. The van der Waals surface area contributed by atoms with Gasteiger partial charge in [-0.2, -0.15) is 0 Å². The van der Waals surface area contributed by atoms with Gasteiger partial charge in [0.15, 0.2) is 16.7 Å². The molecule has 168 valence electrons. The lowest BCUT2D eigenvalue weighted by atomic mass is 10.1. The molecule has 1 N–H and O–H groups in total. The summed E-state index contributed by atoms with van der Waals surface area (Å²) in [6.45, 7) is 4.42. The average Bonchev–Trinajstić information content (AvgIpc) is 3.14. The van der Waals surface area contributed by atoms with Gasteiger partial charge in [-0.1, -0.05) is 41.9 Å². The number of amides is 1. The van der Waals surface area contributed by atoms with E-state index >= 15 is 0 Å². The van der Waals surface area contributed by atoms with Crippen molar-refractivity contribution in [2.24, 2.45) is 4.99 Å². The first-order valence-corrected chi connectivity index (χ1v) is 11.5. The monoisotopic (exact) mass is 478 g/mol. The van der Waals surface area contributed by atoms with Crippen molar-refractivity contribution in [2.75, 3.05) is 7.11 Å². The van der Waals surface area contributed by atoms with Gasteiger partial charge in [0.25, 0.3) is 5.91 Å². The number of ether oxygens (including phenoxy) is 2. The van der Waals surface area contributed by atoms with Gasteiger partial charge in [-0.25, -0.2) is 4.99 Å². The Morgan fingerprint density at radius 3 is 2.61 bits per heavy atom. The second-order valence-electron chi connectivity index (χ2n) is 7.54. The number of nitrogens with one attached hydrogen (secondary N) is 1. The molecule has 3 aromatic rings. The summed E-state index contributed by atoms with van der Waals surface area (Å²) >= 11 is 7.52. The summed E-state index contributed by atoms with van der Waals surface area (Å²) in [4.78, 5) is 17.6. The van der Waals surface area contributed by atoms with E-state index in [0.29, 0.717) is 33.2 Å². The van der Waals surface area contributed by atoms with Crippen LogP contribution in [0.5, 0.6) is 11.5 Å². The summed E-state index contributed by atoms with van der Waals surface area (Å²) in [5, 5.41) is 4.04. The summed E-state index contributed by atoms with van der Waals surface area (Å²) in [5.74, 6) is 0.990. The van der Waals surface area contributed by atoms with E-state index < -0.39 is 0 Å². The van der Waals surface area contributed by atoms with E-state index in [1.807, 2.05) is 73.7 Å². The highest BCUT2D eigenvalue weighted by atomic mass is 35.5. The van der Waals surface area contributed by atoms with E-state index in [4.69, 9.17) is 21.1 Å². The molecule has 0 bridgehead atoms. The highest BCUT2D eigenvalue weighted by Gasteiger charge is 2.24. The van der Waals surface area contributed by atoms with Gasteiger partial charge < -0.3 is 14.8 Å². The zero-order valence-corrected chi connectivity index (χ0v) is 20.1. The van der Waals surface area contributed by atoms with Gasteiger partial charge >= 0.3 is 0 Å². The topological polar surface area (TPSA) is 59.9 Å². The standard InChI is InChI=1S/C26H23ClN2O3S/c1-16-8-10-20(12-17(16)2)28-26-29-25(30)24(33-26)14-18-9-11-22(23(13-18)31-3)32-15-19-6-4-5-7-21(19)27/h4-14H,15H2,1-3H3,(H,28,29,30). The Morgan fingerprint density at radius 1 is 1.03 bits per heavy atom. The van der Waals surface area contributed by atoms with Crippen LogP contribution < -0.4 is 14.8 Å². The van der Waals surface area contributed by atoms with Gasteiger partial charge in [0.2, 0.25) is 0 Å². The number of hydrogen-bond donors (Lipinski definition) is 1. The lowest BCUT2D eigenvalue weighted by molar-refractivity contribution is -0.115. The van der Waals surface area contributed by atoms with Gasteiger partial charge in [-0.15, -0.1) is 0 Å². The van der Waals surface area contributed by atoms with Crippen LogP contribution in [0, 0.1) is 13.8 Å². The van der Waals surface area contributed by atoms with Crippen LogP contribution in [0.4, 0.5) is 5.69 Å². The number of halogens is 1. The first-order valence-electron chi connectivity index (χ1n) is 10.3. The first-order chi connectivity index (χ1) is 15.9. The highest BCUT2D eigenvalue weighted by molar-refractivity contribution is 8.18. The Kier molecular flexibility index (Phi) is 7.06. The third-order valence-electron chi connectivity index (χ3n) is 5.20. The fraction of sp³-hybridized carbons (Fsp3) is 0.154. The molecule has 0 saturated carbocycles. The predicted molar refractivity (Wildman–Crippen MR) is 135 cm³/mol. The fourth-order valence-corrected chi connectivity index (χ4v) is 4.24. The van der Waals surface area contributed by atoms with E-state index in [1.54, 1.807) is 7.11 Å². The van der Waals surface area contributed by atoms with Crippen molar-refractivity contribution in [3.05, 3.63) is 92.8 Å². The van der Waals surface area contributed by atoms with Crippen LogP contribution in [0.25, 0.3) is 6.08 Å². The van der Waals surface area contributed by atoms with Crippen LogP contribution in [0.1, 0.15) is 22.3 Å². The number of carbonyl (C=O) groups is 1. The number of carbonyl (C=O) groups excluding carboxylic acids is 1. The minimum atomic E-state index is -0.180. The molecule has 1 amide bonds. The van der Waals surface area contributed by atoms with Gasteiger partial charge in [-0.05, 0) is 78.7 Å². The number of amidine groups is 1. The normalized spacial score (nSPS) is 15.7. The number of methoxy groups -OCH3 is 1. The van der Waals surface area contributed by atoms with Crippen LogP contribution in [0.3, 0.4) is 0 Å². The summed E-state index contributed by atoms with van der Waals surface area (Å²) in [6.07, 6.45) is 1.81. The second kappa shape index (κ2) is 10.1. The molecule has 0 radical (unpaired) electrons. The Morgan fingerprint density at radius 2 is 1.85 bits per heavy atom. The van der Waals surface area contributed by atoms with Crippen molar-refractivity contribution >= 4 is 46.2 Å². The van der Waals surface area contributed by atoms with E-state index in [0.717, 1.165) is 22.4 Å². The third kappa shape index (κ3) is 5.59. The first kappa shape index (κ1) is 23.0. The second-order valence-corrected chi connectivity index (χ2v) is 8.98. The maximum atomic E-state index is 12.5. The van der Waals surface area contributed by atoms with E-state index in [9.17, 15) is 4.79 Å². The SMILES string of the molecule is COc1cc(C=C2SC(=Nc3ccc(C)c(C)c3)NC2=O)ccc1OCc1ccccc1Cl. The van der Waals surface area contributed by atoms with Crippen molar-refractivity contribution in [2.45, 2.75) is 20.5 Å². The van der Waals surface area contributed by atoms with Crippen molar-refractivity contribution in [1.82, 2.24) is 5.32 Å². The molecule has 1 heterocycles. The van der Waals surface area contributed by atoms with Crippen LogP contribution >= 0.6 is 23.4 Å². The summed E-state index contributed by atoms with van der Waals surface area (Å²) in [5.41, 5.74) is 4.88. The lowest BCUT2D eigenvalue weighted by Gasteiger charge is -2.12. The molecule has 1 saturated heterocycles. The molecule has 5 nitrogen and oxygen atoms in total. The Balaban J connectivity index is 1.50. The molecule has 3 aromatic carbocycles. The molecule has 0 unspecified atom stereocenters. The smallest absolute Gasteiger partial charge is 0.264 e. The van der Waals surface area contributed by atoms with Crippen molar-refractivity contribution in [1.29, 1.82) is 0 Å². The molecule has 0 spiro atoms. The van der Waals surface area contributed by atoms with Gasteiger partial charge in [-0.3, -0.25) is 4.79 Å². The number of benzene rings is 3. The van der Waals surface area contributed by atoms with E-state index in [1.165, 1.54) is 17.3 Å². The average molecular weight is 479 g/mol. The van der Waals surface area contributed by atoms with Crippen LogP contribution in [-0.2, 0) is 11.4 Å². The lowest BCUT2D eigenvalue weighted by Crippen LogP contribution is -2.19. The molecule has 0 atom stereocenters. The zero-order valence-electron chi connectivity index (χ0n) is 18.5. The number of thioether (sulfide) groups is 1. The van der Waals surface area contributed by atoms with Crippen LogP contribution in [-0.4, -0.2) is 18.2 Å². The van der Waals surface area contributed by atoms with Crippen LogP contribution in [0.2, 0.25) is 5.02 Å². The van der Waals surface area contributed by atoms with Crippen molar-refractivity contribution in [3.63, 3.8) is 0 Å². The minimum absolute atomic E-state index is 0.180. The van der Waals surface area contributed by atoms with Gasteiger partial charge in [0, 0.05) is 10.6 Å². The van der Waals surface area contributed by atoms with Crippen molar-refractivity contribution in [3.8, 4) is 11.5 Å². The zero-order chi connectivity index (χ0) is 23.4. The molecule has 33 heavy (non-hydrogen) atoms. The predicted octanol–water partition coefficient (Wildman–Crippen LogP) is 6.44. The molecular weight excluding hydrogens is 456 g/mol. The fourth-order valence-electron chi connectivity index (χ4n) is 3.21. The Hall–Kier alpha value is -3.22. The summed E-state index contributed by atoms with van der Waals surface area (Å²) < 4.78 is 11.4. The van der Waals surface area contributed by atoms with Gasteiger partial charge in [0.05, 0.1) is 17.7 Å².